The van der Waals surface area contributed by atoms with Crippen LogP contribution in [0.1, 0.15) is 44.3 Å². The minimum atomic E-state index is -1.07. The topological polar surface area (TPSA) is 125 Å². The highest BCUT2D eigenvalue weighted by molar-refractivity contribution is 8.00. The second-order valence-corrected chi connectivity index (χ2v) is 11.3. The zero-order chi connectivity index (χ0) is 30.9. The van der Waals surface area contributed by atoms with Gasteiger partial charge in [-0.15, -0.1) is 11.8 Å². The van der Waals surface area contributed by atoms with Crippen molar-refractivity contribution in [2.24, 2.45) is 0 Å². The van der Waals surface area contributed by atoms with Gasteiger partial charge in [0.1, 0.15) is 5.70 Å². The maximum absolute atomic E-state index is 13.3. The first-order chi connectivity index (χ1) is 20.6. The zero-order valence-electron chi connectivity index (χ0n) is 23.9. The van der Waals surface area contributed by atoms with Gasteiger partial charge in [-0.25, -0.2) is 4.79 Å². The lowest BCUT2D eigenvalue weighted by Gasteiger charge is -2.15. The van der Waals surface area contributed by atoms with Crippen LogP contribution in [0.3, 0.4) is 0 Å². The molecule has 0 saturated carbocycles. The molecule has 0 radical (unpaired) electrons. The summed E-state index contributed by atoms with van der Waals surface area (Å²) < 4.78 is 0. The van der Waals surface area contributed by atoms with Crippen molar-refractivity contribution in [1.29, 1.82) is 0 Å². The van der Waals surface area contributed by atoms with Crippen LogP contribution >= 0.6 is 11.8 Å². The van der Waals surface area contributed by atoms with Crippen LogP contribution in [0.25, 0.3) is 6.08 Å². The summed E-state index contributed by atoms with van der Waals surface area (Å²) >= 11 is 1.32. The summed E-state index contributed by atoms with van der Waals surface area (Å²) in [5.41, 5.74) is 4.10. The fourth-order valence-electron chi connectivity index (χ4n) is 4.07. The molecule has 0 saturated heterocycles. The molecule has 8 nitrogen and oxygen atoms in total. The highest BCUT2D eigenvalue weighted by atomic mass is 32.2. The Morgan fingerprint density at radius 3 is 2.19 bits per heavy atom. The van der Waals surface area contributed by atoms with E-state index in [4.69, 9.17) is 0 Å². The van der Waals surface area contributed by atoms with Gasteiger partial charge in [-0.2, -0.15) is 0 Å². The molecule has 9 heteroatoms. The van der Waals surface area contributed by atoms with Crippen LogP contribution in [0.2, 0.25) is 0 Å². The molecule has 218 valence electrons. The lowest BCUT2D eigenvalue weighted by Crippen LogP contribution is -2.30. The van der Waals surface area contributed by atoms with Gasteiger partial charge in [-0.1, -0.05) is 54.1 Å². The van der Waals surface area contributed by atoms with Crippen LogP contribution in [0.4, 0.5) is 11.4 Å². The summed E-state index contributed by atoms with van der Waals surface area (Å²) in [5.74, 6) is -2.23. The van der Waals surface area contributed by atoms with Crippen LogP contribution in [-0.4, -0.2) is 34.0 Å². The van der Waals surface area contributed by atoms with Gasteiger partial charge in [-0.3, -0.25) is 14.4 Å². The Hall–Kier alpha value is -5.15. The van der Waals surface area contributed by atoms with Gasteiger partial charge in [0.15, 0.2) is 0 Å². The van der Waals surface area contributed by atoms with Crippen molar-refractivity contribution in [3.05, 3.63) is 131 Å². The first kappa shape index (κ1) is 30.8. The second kappa shape index (κ2) is 14.2. The summed E-state index contributed by atoms with van der Waals surface area (Å²) in [6, 6.07) is 27.8. The SMILES string of the molecule is Cc1cccc(/C=C(\NC(=O)c2ccccc2)C(=O)Nc2ccc(SC(C)C(=O)Nc3cc(C(=O)O)ccc3C)cc2)c1. The molecule has 43 heavy (non-hydrogen) atoms. The number of carboxylic acids is 1. The smallest absolute Gasteiger partial charge is 0.335 e. The molecule has 0 aliphatic rings. The predicted molar refractivity (Wildman–Crippen MR) is 170 cm³/mol. The number of aryl methyl sites for hydroxylation is 2. The molecule has 4 aromatic rings. The van der Waals surface area contributed by atoms with E-state index in [2.05, 4.69) is 16.0 Å². The van der Waals surface area contributed by atoms with Gasteiger partial charge in [0.25, 0.3) is 11.8 Å². The molecule has 4 N–H and O–H groups in total. The third-order valence-corrected chi connectivity index (χ3v) is 7.53. The molecule has 1 unspecified atom stereocenters. The first-order valence-corrected chi connectivity index (χ1v) is 14.3. The molecule has 0 heterocycles. The van der Waals surface area contributed by atoms with Crippen molar-refractivity contribution < 1.29 is 24.3 Å². The summed E-state index contributed by atoms with van der Waals surface area (Å²) in [6.07, 6.45) is 1.63. The van der Waals surface area contributed by atoms with Crippen LogP contribution in [0.15, 0.2) is 108 Å². The van der Waals surface area contributed by atoms with E-state index >= 15 is 0 Å². The molecule has 0 aromatic heterocycles. The fourth-order valence-corrected chi connectivity index (χ4v) is 4.93. The molecule has 4 aromatic carbocycles. The van der Waals surface area contributed by atoms with Crippen molar-refractivity contribution in [3.8, 4) is 0 Å². The van der Waals surface area contributed by atoms with Crippen LogP contribution in [-0.2, 0) is 9.59 Å². The number of thioether (sulfide) groups is 1. The maximum Gasteiger partial charge on any atom is 0.335 e. The minimum absolute atomic E-state index is 0.0884. The monoisotopic (exact) mass is 593 g/mol. The van der Waals surface area contributed by atoms with Crippen molar-refractivity contribution in [2.75, 3.05) is 10.6 Å². The quantitative estimate of drug-likeness (QED) is 0.122. The third kappa shape index (κ3) is 8.67. The van der Waals surface area contributed by atoms with E-state index in [1.807, 2.05) is 37.3 Å². The standard InChI is InChI=1S/C34H31N3O5S/c1-21-8-7-9-24(18-21)19-30(37-32(39)25-10-5-4-6-11-25)33(40)35-27-14-16-28(17-15-27)43-23(3)31(38)36-29-20-26(34(41)42)13-12-22(29)2/h4-20,23H,1-3H3,(H,35,40)(H,36,38)(H,37,39)(H,41,42)/b30-19-. The van der Waals surface area contributed by atoms with Gasteiger partial charge < -0.3 is 21.1 Å². The number of hydrogen-bond acceptors (Lipinski definition) is 5. The average molecular weight is 594 g/mol. The van der Waals surface area contributed by atoms with Gasteiger partial charge in [0, 0.05) is 21.8 Å². The molecule has 0 aliphatic heterocycles. The molecule has 0 bridgehead atoms. The molecular weight excluding hydrogens is 562 g/mol. The number of carbonyl (C=O) groups is 4. The number of benzene rings is 4. The third-order valence-electron chi connectivity index (χ3n) is 6.42. The minimum Gasteiger partial charge on any atom is -0.478 e. The highest BCUT2D eigenvalue weighted by Crippen LogP contribution is 2.27. The van der Waals surface area contributed by atoms with E-state index in [1.165, 1.54) is 23.9 Å². The number of hydrogen-bond donors (Lipinski definition) is 4. The summed E-state index contributed by atoms with van der Waals surface area (Å²) in [4.78, 5) is 51.1. The number of rotatable bonds is 10. The summed E-state index contributed by atoms with van der Waals surface area (Å²) in [6.45, 7) is 5.49. The van der Waals surface area contributed by atoms with Crippen LogP contribution < -0.4 is 16.0 Å². The molecule has 1 atom stereocenters. The van der Waals surface area contributed by atoms with Gasteiger partial charge >= 0.3 is 5.97 Å². The summed E-state index contributed by atoms with van der Waals surface area (Å²) in [5, 5.41) is 17.1. The number of nitrogens with one attached hydrogen (secondary N) is 3. The lowest BCUT2D eigenvalue weighted by molar-refractivity contribution is -0.115. The number of carbonyl (C=O) groups excluding carboxylic acids is 3. The van der Waals surface area contributed by atoms with Crippen LogP contribution in [0, 0.1) is 13.8 Å². The average Bonchev–Trinajstić information content (AvgIpc) is 2.99. The van der Waals surface area contributed by atoms with E-state index in [0.717, 1.165) is 21.6 Å². The molecule has 0 aliphatic carbocycles. The Morgan fingerprint density at radius 2 is 1.51 bits per heavy atom. The van der Waals surface area contributed by atoms with Crippen molar-refractivity contribution in [3.63, 3.8) is 0 Å². The Bertz CT molecular complexity index is 1680. The predicted octanol–water partition coefficient (Wildman–Crippen LogP) is 6.53. The molecular formula is C34H31N3O5S. The van der Waals surface area contributed by atoms with Crippen molar-refractivity contribution in [2.45, 2.75) is 30.9 Å². The molecule has 4 rings (SSSR count). The van der Waals surface area contributed by atoms with E-state index < -0.39 is 23.0 Å². The van der Waals surface area contributed by atoms with E-state index in [0.29, 0.717) is 16.9 Å². The Kier molecular flexibility index (Phi) is 10.1. The lowest BCUT2D eigenvalue weighted by atomic mass is 10.1. The normalized spacial score (nSPS) is 11.7. The van der Waals surface area contributed by atoms with Gasteiger partial charge in [0.05, 0.1) is 10.8 Å². The Balaban J connectivity index is 1.43. The fraction of sp³-hybridized carbons (Fsp3) is 0.118. The van der Waals surface area contributed by atoms with E-state index in [9.17, 15) is 24.3 Å². The van der Waals surface area contributed by atoms with Gasteiger partial charge in [0.2, 0.25) is 5.91 Å². The summed E-state index contributed by atoms with van der Waals surface area (Å²) in [7, 11) is 0. The zero-order valence-corrected chi connectivity index (χ0v) is 24.7. The van der Waals surface area contributed by atoms with E-state index in [1.54, 1.807) is 74.5 Å². The van der Waals surface area contributed by atoms with Crippen molar-refractivity contribution >= 4 is 52.9 Å². The molecule has 0 fully saturated rings. The number of carboxylic acid groups (broad SMARTS) is 1. The highest BCUT2D eigenvalue weighted by Gasteiger charge is 2.18. The second-order valence-electron chi connectivity index (χ2n) is 9.85. The Labute approximate surface area is 254 Å². The molecule has 3 amide bonds. The van der Waals surface area contributed by atoms with E-state index in [-0.39, 0.29) is 17.2 Å². The maximum atomic E-state index is 13.3. The molecule has 0 spiro atoms. The first-order valence-electron chi connectivity index (χ1n) is 13.5. The number of aromatic carboxylic acids is 1. The number of anilines is 2. The van der Waals surface area contributed by atoms with Crippen molar-refractivity contribution in [1.82, 2.24) is 5.32 Å². The Morgan fingerprint density at radius 1 is 0.791 bits per heavy atom. The van der Waals surface area contributed by atoms with Crippen LogP contribution in [0.5, 0.6) is 0 Å². The largest absolute Gasteiger partial charge is 0.478 e. The number of amides is 3. The van der Waals surface area contributed by atoms with Gasteiger partial charge in [-0.05, 0) is 86.5 Å².